The number of hydrogen-bond acceptors (Lipinski definition) is 1. The van der Waals surface area contributed by atoms with Gasteiger partial charge < -0.3 is 0 Å². The van der Waals surface area contributed by atoms with Crippen LogP contribution in [0.2, 0.25) is 0 Å². The van der Waals surface area contributed by atoms with Crippen LogP contribution >= 0.6 is 0 Å². The normalized spacial score (nSPS) is 16.4. The molecule has 0 fully saturated rings. The van der Waals surface area contributed by atoms with Crippen molar-refractivity contribution in [1.82, 2.24) is 0 Å². The summed E-state index contributed by atoms with van der Waals surface area (Å²) in [4.78, 5) is 4.94. The molecular weight excluding hydrogens is 410 g/mol. The molecule has 1 aliphatic carbocycles. The number of rotatable bonds is 6. The van der Waals surface area contributed by atoms with Gasteiger partial charge in [-0.3, -0.25) is 4.99 Å². The molecule has 0 saturated carbocycles. The van der Waals surface area contributed by atoms with Crippen molar-refractivity contribution in [3.63, 3.8) is 0 Å². The molecule has 0 aromatic heterocycles. The van der Waals surface area contributed by atoms with Crippen LogP contribution in [0.5, 0.6) is 0 Å². The van der Waals surface area contributed by atoms with Crippen molar-refractivity contribution in [3.05, 3.63) is 138 Å². The van der Waals surface area contributed by atoms with Crippen molar-refractivity contribution >= 4 is 22.5 Å². The van der Waals surface area contributed by atoms with Gasteiger partial charge in [-0.1, -0.05) is 118 Å². The number of hydrogen-bond donors (Lipinski definition) is 0. The lowest BCUT2D eigenvalue weighted by atomic mass is 9.86. The van der Waals surface area contributed by atoms with Gasteiger partial charge in [-0.15, -0.1) is 0 Å². The molecule has 3 aromatic rings. The summed E-state index contributed by atoms with van der Waals surface area (Å²) in [6, 6.07) is 25.2. The van der Waals surface area contributed by atoms with Gasteiger partial charge in [0, 0.05) is 11.3 Å². The second-order valence-corrected chi connectivity index (χ2v) is 9.69. The van der Waals surface area contributed by atoms with Crippen molar-refractivity contribution in [1.29, 1.82) is 0 Å². The molecule has 1 heteroatoms. The largest absolute Gasteiger partial charge is 0.252 e. The van der Waals surface area contributed by atoms with E-state index in [1.165, 1.54) is 22.3 Å². The Labute approximate surface area is 204 Å². The maximum atomic E-state index is 4.94. The molecule has 0 amide bonds. The topological polar surface area (TPSA) is 12.4 Å². The summed E-state index contributed by atoms with van der Waals surface area (Å²) < 4.78 is 0. The van der Waals surface area contributed by atoms with Crippen LogP contribution in [0.1, 0.15) is 55.0 Å². The number of aryl methyl sites for hydroxylation is 1. The van der Waals surface area contributed by atoms with E-state index in [4.69, 9.17) is 4.99 Å². The molecular formula is C33H33N. The first-order valence-corrected chi connectivity index (χ1v) is 11.8. The standard InChI is InChI=1S/C33H33N/c1-7-26(18-19-28-22-33(5,6)31-21-23(2)17-20-30(28)31)24(3)29-15-11-12-16-32(29)34-25(4)27-13-9-8-10-14-27/h7-21H,1,3,22H2,2,4-6H3/b26-18+,28-19+,34-25?. The maximum absolute atomic E-state index is 4.94. The van der Waals surface area contributed by atoms with Gasteiger partial charge in [-0.25, -0.2) is 0 Å². The van der Waals surface area contributed by atoms with Crippen LogP contribution in [0.3, 0.4) is 0 Å². The van der Waals surface area contributed by atoms with E-state index < -0.39 is 0 Å². The lowest BCUT2D eigenvalue weighted by Crippen LogP contribution is -2.11. The van der Waals surface area contributed by atoms with Crippen LogP contribution in [0, 0.1) is 6.92 Å². The van der Waals surface area contributed by atoms with E-state index in [1.807, 2.05) is 49.4 Å². The Morgan fingerprint density at radius 1 is 0.971 bits per heavy atom. The summed E-state index contributed by atoms with van der Waals surface area (Å²) in [5.41, 5.74) is 11.6. The van der Waals surface area contributed by atoms with Crippen LogP contribution in [0.4, 0.5) is 5.69 Å². The molecule has 0 N–H and O–H groups in total. The zero-order valence-corrected chi connectivity index (χ0v) is 20.7. The van der Waals surface area contributed by atoms with Crippen LogP contribution in [-0.2, 0) is 5.41 Å². The Bertz CT molecular complexity index is 1330. The van der Waals surface area contributed by atoms with Gasteiger partial charge in [0.15, 0.2) is 0 Å². The molecule has 0 radical (unpaired) electrons. The maximum Gasteiger partial charge on any atom is 0.0711 e. The smallest absolute Gasteiger partial charge is 0.0711 e. The summed E-state index contributed by atoms with van der Waals surface area (Å²) in [6.07, 6.45) is 7.31. The second kappa shape index (κ2) is 9.65. The molecule has 4 rings (SSSR count). The number of aliphatic imine (C=N–C) groups is 1. The number of nitrogens with zero attached hydrogens (tertiary/aromatic N) is 1. The Kier molecular flexibility index (Phi) is 6.65. The highest BCUT2D eigenvalue weighted by atomic mass is 14.7. The minimum Gasteiger partial charge on any atom is -0.252 e. The van der Waals surface area contributed by atoms with Crippen LogP contribution in [0.25, 0.3) is 11.1 Å². The summed E-state index contributed by atoms with van der Waals surface area (Å²) in [6.45, 7) is 17.4. The van der Waals surface area contributed by atoms with E-state index in [2.05, 4.69) is 82.5 Å². The van der Waals surface area contributed by atoms with Gasteiger partial charge in [-0.05, 0) is 65.2 Å². The second-order valence-electron chi connectivity index (χ2n) is 9.69. The molecule has 170 valence electrons. The van der Waals surface area contributed by atoms with Gasteiger partial charge >= 0.3 is 0 Å². The monoisotopic (exact) mass is 443 g/mol. The van der Waals surface area contributed by atoms with Crippen molar-refractivity contribution in [2.75, 3.05) is 0 Å². The highest BCUT2D eigenvalue weighted by Gasteiger charge is 2.32. The molecule has 0 bridgehead atoms. The molecule has 0 aliphatic heterocycles. The third-order valence-corrected chi connectivity index (χ3v) is 6.62. The first kappa shape index (κ1) is 23.4. The molecule has 34 heavy (non-hydrogen) atoms. The van der Waals surface area contributed by atoms with Crippen molar-refractivity contribution in [2.45, 2.75) is 39.5 Å². The Hall–Kier alpha value is -3.71. The summed E-state index contributed by atoms with van der Waals surface area (Å²) in [5.74, 6) is 0. The van der Waals surface area contributed by atoms with Crippen LogP contribution < -0.4 is 0 Å². The van der Waals surface area contributed by atoms with E-state index in [0.717, 1.165) is 40.1 Å². The zero-order valence-electron chi connectivity index (χ0n) is 20.7. The Morgan fingerprint density at radius 3 is 2.41 bits per heavy atom. The van der Waals surface area contributed by atoms with Crippen molar-refractivity contribution in [3.8, 4) is 0 Å². The van der Waals surface area contributed by atoms with E-state index in [0.29, 0.717) is 0 Å². The van der Waals surface area contributed by atoms with Crippen molar-refractivity contribution < 1.29 is 0 Å². The highest BCUT2D eigenvalue weighted by Crippen LogP contribution is 2.45. The molecule has 0 unspecified atom stereocenters. The minimum absolute atomic E-state index is 0.142. The molecule has 1 aliphatic rings. The fraction of sp³-hybridized carbons (Fsp3) is 0.182. The van der Waals surface area contributed by atoms with Crippen molar-refractivity contribution in [2.24, 2.45) is 4.99 Å². The quantitative estimate of drug-likeness (QED) is 0.266. The molecule has 0 atom stereocenters. The number of benzene rings is 3. The average molecular weight is 444 g/mol. The average Bonchev–Trinajstić information content (AvgIpc) is 3.09. The summed E-state index contributed by atoms with van der Waals surface area (Å²) in [5, 5.41) is 0. The molecule has 0 saturated heterocycles. The number of fused-ring (bicyclic) bond motifs is 1. The SMILES string of the molecule is C=C/C(=C\C=C1/CC(C)(C)c2cc(C)ccc21)C(=C)c1ccccc1N=C(C)c1ccccc1. The highest BCUT2D eigenvalue weighted by molar-refractivity contribution is 6.01. The zero-order chi connectivity index (χ0) is 24.3. The molecule has 0 heterocycles. The molecule has 3 aromatic carbocycles. The predicted octanol–water partition coefficient (Wildman–Crippen LogP) is 9.03. The number of para-hydroxylation sites is 1. The lowest BCUT2D eigenvalue weighted by Gasteiger charge is -2.18. The fourth-order valence-electron chi connectivity index (χ4n) is 4.70. The van der Waals surface area contributed by atoms with Gasteiger partial charge in [0.2, 0.25) is 0 Å². The molecule has 0 spiro atoms. The Balaban J connectivity index is 1.68. The van der Waals surface area contributed by atoms with Gasteiger partial charge in [0.25, 0.3) is 0 Å². The third-order valence-electron chi connectivity index (χ3n) is 6.62. The van der Waals surface area contributed by atoms with Gasteiger partial charge in [-0.2, -0.15) is 0 Å². The summed E-state index contributed by atoms with van der Waals surface area (Å²) in [7, 11) is 0. The first-order chi connectivity index (χ1) is 16.3. The molecule has 1 nitrogen and oxygen atoms in total. The predicted molar refractivity (Wildman–Crippen MR) is 149 cm³/mol. The van der Waals surface area contributed by atoms with E-state index in [-0.39, 0.29) is 5.41 Å². The van der Waals surface area contributed by atoms with Crippen LogP contribution in [-0.4, -0.2) is 5.71 Å². The van der Waals surface area contributed by atoms with E-state index in [9.17, 15) is 0 Å². The number of allylic oxidation sites excluding steroid dienone is 6. The summed E-state index contributed by atoms with van der Waals surface area (Å²) >= 11 is 0. The lowest BCUT2D eigenvalue weighted by molar-refractivity contribution is 0.563. The van der Waals surface area contributed by atoms with Gasteiger partial charge in [0.1, 0.15) is 0 Å². The minimum atomic E-state index is 0.142. The fourth-order valence-corrected chi connectivity index (χ4v) is 4.70. The van der Waals surface area contributed by atoms with E-state index in [1.54, 1.807) is 0 Å². The third kappa shape index (κ3) is 4.79. The van der Waals surface area contributed by atoms with Crippen LogP contribution in [0.15, 0.2) is 115 Å². The Morgan fingerprint density at radius 2 is 1.68 bits per heavy atom. The van der Waals surface area contributed by atoms with E-state index >= 15 is 0 Å². The first-order valence-electron chi connectivity index (χ1n) is 11.8. The van der Waals surface area contributed by atoms with Gasteiger partial charge in [0.05, 0.1) is 5.69 Å².